The van der Waals surface area contributed by atoms with Gasteiger partial charge in [-0.3, -0.25) is 4.79 Å². The molecule has 1 aromatic carbocycles. The molecular formula is C19H22Cl2N2O2S. The van der Waals surface area contributed by atoms with Gasteiger partial charge in [0.05, 0.1) is 16.7 Å². The predicted octanol–water partition coefficient (Wildman–Crippen LogP) is 2.66. The maximum Gasteiger partial charge on any atom is 0.234 e. The summed E-state index contributed by atoms with van der Waals surface area (Å²) in [5, 5.41) is 16.3. The lowest BCUT2D eigenvalue weighted by Crippen LogP contribution is -2.63. The molecule has 0 radical (unpaired) electrons. The topological polar surface area (TPSA) is 75.3 Å². The number of amides is 1. The third kappa shape index (κ3) is 3.08. The Labute approximate surface area is 167 Å². The Bertz CT molecular complexity index is 744. The van der Waals surface area contributed by atoms with Gasteiger partial charge in [-0.1, -0.05) is 29.8 Å². The Morgan fingerprint density at radius 3 is 2.92 bits per heavy atom. The summed E-state index contributed by atoms with van der Waals surface area (Å²) in [4.78, 5) is 12.4. The Morgan fingerprint density at radius 2 is 2.19 bits per heavy atom. The van der Waals surface area contributed by atoms with E-state index >= 15 is 0 Å². The number of allylic oxidation sites excluding steroid dienone is 1. The highest BCUT2D eigenvalue weighted by molar-refractivity contribution is 8.03. The summed E-state index contributed by atoms with van der Waals surface area (Å²) in [6.45, 7) is 0.543. The van der Waals surface area contributed by atoms with Crippen LogP contribution in [0.25, 0.3) is 0 Å². The van der Waals surface area contributed by atoms with E-state index < -0.39 is 6.10 Å². The third-order valence-electron chi connectivity index (χ3n) is 5.86. The van der Waals surface area contributed by atoms with Crippen LogP contribution in [0, 0.1) is 11.8 Å². The summed E-state index contributed by atoms with van der Waals surface area (Å²) in [7, 11) is 0. The van der Waals surface area contributed by atoms with Crippen molar-refractivity contribution < 1.29 is 9.90 Å². The van der Waals surface area contributed by atoms with Gasteiger partial charge in [0, 0.05) is 22.9 Å². The van der Waals surface area contributed by atoms with Gasteiger partial charge in [0.2, 0.25) is 5.91 Å². The van der Waals surface area contributed by atoms with Crippen LogP contribution in [0.2, 0.25) is 5.02 Å². The summed E-state index contributed by atoms with van der Waals surface area (Å²) >= 11 is 14.6. The number of alkyl halides is 1. The van der Waals surface area contributed by atoms with Crippen LogP contribution < -0.4 is 11.1 Å². The average molecular weight is 413 g/mol. The molecule has 0 bridgehead atoms. The quantitative estimate of drug-likeness (QED) is 0.666. The summed E-state index contributed by atoms with van der Waals surface area (Å²) < 4.78 is 0. The van der Waals surface area contributed by atoms with Crippen molar-refractivity contribution in [2.75, 3.05) is 6.54 Å². The van der Waals surface area contributed by atoms with E-state index in [-0.39, 0.29) is 40.3 Å². The van der Waals surface area contributed by atoms with Gasteiger partial charge in [0.15, 0.2) is 0 Å². The van der Waals surface area contributed by atoms with E-state index in [1.165, 1.54) is 0 Å². The second kappa shape index (κ2) is 7.36. The standard InChI is InChI=1S/C19H22Cl2N2O2S/c20-12-7-10(2-1-9(12)3-5-22)15-14(24)8-13(21)17-16(15)11-4-6-26-18(11)19(25)23-17/h1-2,4,6-7,11,13-18,24H,3,5,8,22H2,(H,23,25). The first-order chi connectivity index (χ1) is 12.5. The van der Waals surface area contributed by atoms with Gasteiger partial charge in [-0.25, -0.2) is 0 Å². The molecule has 0 spiro atoms. The Hall–Kier alpha value is -0.720. The molecule has 1 aromatic rings. The summed E-state index contributed by atoms with van der Waals surface area (Å²) in [6, 6.07) is 5.83. The SMILES string of the molecule is NCCc1ccc(C2C(O)CC(Cl)C3NC(=O)C4SC=CC4C32)cc1Cl. The minimum absolute atomic E-state index is 0.0448. The molecule has 140 valence electrons. The average Bonchev–Trinajstić information content (AvgIpc) is 3.09. The summed E-state index contributed by atoms with van der Waals surface area (Å²) in [5.41, 5.74) is 7.66. The predicted molar refractivity (Wildman–Crippen MR) is 107 cm³/mol. The number of rotatable bonds is 3. The Kier molecular flexibility index (Phi) is 5.28. The highest BCUT2D eigenvalue weighted by atomic mass is 35.5. The molecule has 2 heterocycles. The molecule has 0 aromatic heterocycles. The summed E-state index contributed by atoms with van der Waals surface area (Å²) in [6.07, 6.45) is 2.71. The molecule has 2 aliphatic heterocycles. The first-order valence-corrected chi connectivity index (χ1v) is 10.7. The number of aliphatic hydroxyl groups excluding tert-OH is 1. The van der Waals surface area contributed by atoms with Crippen molar-refractivity contribution in [2.45, 2.75) is 41.5 Å². The van der Waals surface area contributed by atoms with Gasteiger partial charge in [-0.05, 0) is 47.9 Å². The van der Waals surface area contributed by atoms with Crippen LogP contribution in [-0.2, 0) is 11.2 Å². The fourth-order valence-electron chi connectivity index (χ4n) is 4.71. The number of nitrogens with two attached hydrogens (primary N) is 1. The molecule has 2 fully saturated rings. The van der Waals surface area contributed by atoms with Crippen molar-refractivity contribution in [3.05, 3.63) is 45.8 Å². The number of nitrogens with one attached hydrogen (secondary N) is 1. The highest BCUT2D eigenvalue weighted by Crippen LogP contribution is 2.51. The second-order valence-corrected chi connectivity index (χ2v) is 9.33. The fourth-order valence-corrected chi connectivity index (χ4v) is 6.49. The van der Waals surface area contributed by atoms with Crippen molar-refractivity contribution in [3.63, 3.8) is 0 Å². The molecule has 1 amide bonds. The van der Waals surface area contributed by atoms with Gasteiger partial charge >= 0.3 is 0 Å². The largest absolute Gasteiger partial charge is 0.392 e. The molecule has 3 aliphatic rings. The van der Waals surface area contributed by atoms with Crippen molar-refractivity contribution in [2.24, 2.45) is 17.6 Å². The first kappa shape index (κ1) is 18.6. The van der Waals surface area contributed by atoms with Crippen LogP contribution in [0.3, 0.4) is 0 Å². The lowest BCUT2D eigenvalue weighted by Gasteiger charge is -2.50. The first-order valence-electron chi connectivity index (χ1n) is 8.94. The maximum atomic E-state index is 12.4. The van der Waals surface area contributed by atoms with Crippen LogP contribution in [0.1, 0.15) is 23.5 Å². The van der Waals surface area contributed by atoms with Crippen LogP contribution in [0.4, 0.5) is 0 Å². The zero-order valence-electron chi connectivity index (χ0n) is 14.1. The molecule has 7 atom stereocenters. The number of carbonyl (C=O) groups excluding carboxylic acids is 1. The van der Waals surface area contributed by atoms with E-state index in [1.54, 1.807) is 11.8 Å². The molecule has 4 nitrogen and oxygen atoms in total. The minimum atomic E-state index is -0.565. The van der Waals surface area contributed by atoms with Crippen LogP contribution >= 0.6 is 35.0 Å². The number of fused-ring (bicyclic) bond motifs is 3. The molecule has 1 aliphatic carbocycles. The number of piperidine rings is 1. The number of halogens is 2. The van der Waals surface area contributed by atoms with Crippen LogP contribution in [0.15, 0.2) is 29.7 Å². The van der Waals surface area contributed by atoms with E-state index in [1.807, 2.05) is 23.6 Å². The van der Waals surface area contributed by atoms with Crippen LogP contribution in [0.5, 0.6) is 0 Å². The van der Waals surface area contributed by atoms with E-state index in [0.29, 0.717) is 18.0 Å². The van der Waals surface area contributed by atoms with E-state index in [4.69, 9.17) is 28.9 Å². The normalized spacial score (nSPS) is 38.6. The Balaban J connectivity index is 1.73. The highest BCUT2D eigenvalue weighted by Gasteiger charge is 2.54. The fraction of sp³-hybridized carbons (Fsp3) is 0.526. The third-order valence-corrected chi connectivity index (χ3v) is 7.80. The van der Waals surface area contributed by atoms with Crippen LogP contribution in [-0.4, -0.2) is 40.3 Å². The molecule has 26 heavy (non-hydrogen) atoms. The molecular weight excluding hydrogens is 391 g/mol. The zero-order valence-corrected chi connectivity index (χ0v) is 16.5. The summed E-state index contributed by atoms with van der Waals surface area (Å²) in [5.74, 6) is 0.0494. The van der Waals surface area contributed by atoms with E-state index in [2.05, 4.69) is 11.4 Å². The van der Waals surface area contributed by atoms with E-state index in [0.717, 1.165) is 17.5 Å². The number of hydrogen-bond acceptors (Lipinski definition) is 4. The number of carbonyl (C=O) groups is 1. The van der Waals surface area contributed by atoms with Crippen molar-refractivity contribution >= 4 is 40.9 Å². The molecule has 7 unspecified atom stereocenters. The number of hydrogen-bond donors (Lipinski definition) is 3. The maximum absolute atomic E-state index is 12.4. The minimum Gasteiger partial charge on any atom is -0.392 e. The van der Waals surface area contributed by atoms with E-state index in [9.17, 15) is 9.90 Å². The Morgan fingerprint density at radius 1 is 1.38 bits per heavy atom. The molecule has 1 saturated heterocycles. The molecule has 7 heteroatoms. The van der Waals surface area contributed by atoms with Gasteiger partial charge in [-0.15, -0.1) is 23.4 Å². The van der Waals surface area contributed by atoms with Gasteiger partial charge in [-0.2, -0.15) is 0 Å². The number of benzene rings is 1. The smallest absolute Gasteiger partial charge is 0.234 e. The van der Waals surface area contributed by atoms with Gasteiger partial charge < -0.3 is 16.2 Å². The second-order valence-electron chi connectivity index (χ2n) is 7.31. The molecule has 1 saturated carbocycles. The van der Waals surface area contributed by atoms with Gasteiger partial charge in [0.1, 0.15) is 0 Å². The zero-order chi connectivity index (χ0) is 18.4. The lowest BCUT2D eigenvalue weighted by molar-refractivity contribution is -0.126. The van der Waals surface area contributed by atoms with Crippen molar-refractivity contribution in [1.82, 2.24) is 5.32 Å². The number of thioether (sulfide) groups is 1. The van der Waals surface area contributed by atoms with Crippen molar-refractivity contribution in [3.8, 4) is 0 Å². The lowest BCUT2D eigenvalue weighted by atomic mass is 9.63. The number of aliphatic hydroxyl groups is 1. The molecule has 4 N–H and O–H groups in total. The monoisotopic (exact) mass is 412 g/mol. The van der Waals surface area contributed by atoms with Gasteiger partial charge in [0.25, 0.3) is 0 Å². The molecule has 4 rings (SSSR count). The van der Waals surface area contributed by atoms with Crippen molar-refractivity contribution in [1.29, 1.82) is 0 Å².